The maximum atomic E-state index is 13.6. The zero-order valence-corrected chi connectivity index (χ0v) is 23.2. The van der Waals surface area contributed by atoms with Gasteiger partial charge in [0.2, 0.25) is 0 Å². The van der Waals surface area contributed by atoms with E-state index in [1.807, 2.05) is 46.8 Å². The molecule has 9 nitrogen and oxygen atoms in total. The number of hydrogen-bond donors (Lipinski definition) is 0. The van der Waals surface area contributed by atoms with Crippen molar-refractivity contribution >= 4 is 28.2 Å². The molecular formula is C31H33N7O2. The van der Waals surface area contributed by atoms with Crippen LogP contribution in [0.4, 0.5) is 0 Å². The Hall–Kier alpha value is -4.37. The lowest BCUT2D eigenvalue weighted by molar-refractivity contribution is 0.0664. The van der Waals surface area contributed by atoms with Crippen LogP contribution in [0.25, 0.3) is 16.6 Å². The predicted octanol–water partition coefficient (Wildman–Crippen LogP) is 3.81. The summed E-state index contributed by atoms with van der Waals surface area (Å²) < 4.78 is 3.76. The van der Waals surface area contributed by atoms with Crippen LogP contribution in [0.5, 0.6) is 0 Å². The first-order chi connectivity index (χ1) is 19.4. The Morgan fingerprint density at radius 3 is 2.58 bits per heavy atom. The fourth-order valence-corrected chi connectivity index (χ4v) is 5.52. The second kappa shape index (κ2) is 10.7. The highest BCUT2D eigenvalue weighted by atomic mass is 16.2. The normalized spacial score (nSPS) is 14.3. The summed E-state index contributed by atoms with van der Waals surface area (Å²) in [5, 5.41) is 5.92. The van der Waals surface area contributed by atoms with E-state index in [1.165, 1.54) is 0 Å². The third kappa shape index (κ3) is 4.88. The van der Waals surface area contributed by atoms with Crippen LogP contribution in [0.15, 0.2) is 60.9 Å². The van der Waals surface area contributed by atoms with Crippen molar-refractivity contribution in [1.29, 1.82) is 0 Å². The largest absolute Gasteiger partial charge is 0.336 e. The summed E-state index contributed by atoms with van der Waals surface area (Å²) in [7, 11) is 2.06. The zero-order valence-electron chi connectivity index (χ0n) is 23.2. The van der Waals surface area contributed by atoms with Crippen molar-refractivity contribution in [3.8, 4) is 0 Å². The third-order valence-corrected chi connectivity index (χ3v) is 7.72. The zero-order chi connectivity index (χ0) is 27.8. The molecule has 5 aromatic rings. The molecule has 204 valence electrons. The quantitative estimate of drug-likeness (QED) is 0.295. The van der Waals surface area contributed by atoms with Crippen molar-refractivity contribution < 1.29 is 9.59 Å². The van der Waals surface area contributed by atoms with E-state index in [0.717, 1.165) is 53.1 Å². The molecule has 9 heteroatoms. The van der Waals surface area contributed by atoms with Gasteiger partial charge in [0.1, 0.15) is 11.3 Å². The molecule has 0 N–H and O–H groups in total. The summed E-state index contributed by atoms with van der Waals surface area (Å²) >= 11 is 0. The summed E-state index contributed by atoms with van der Waals surface area (Å²) in [6.07, 6.45) is 4.38. The molecule has 0 saturated carbocycles. The van der Waals surface area contributed by atoms with Crippen molar-refractivity contribution in [3.63, 3.8) is 0 Å². The second-order valence-corrected chi connectivity index (χ2v) is 10.5. The molecule has 1 saturated heterocycles. The molecule has 1 aliphatic rings. The average Bonchev–Trinajstić information content (AvgIpc) is 3.55. The lowest BCUT2D eigenvalue weighted by Crippen LogP contribution is -2.47. The molecule has 0 atom stereocenters. The van der Waals surface area contributed by atoms with E-state index >= 15 is 0 Å². The molecule has 6 rings (SSSR count). The number of fused-ring (bicyclic) bond motifs is 2. The minimum Gasteiger partial charge on any atom is -0.336 e. The highest BCUT2D eigenvalue weighted by Crippen LogP contribution is 2.26. The molecule has 0 aliphatic carbocycles. The SMILES string of the molecule is CCc1nn(Cc2cccc(C)n2)c2cccc(CC(=O)c3cnc4cc(C(=O)N5CCN(C)CC5)ccn34)c12. The number of rotatable bonds is 7. The molecule has 4 aromatic heterocycles. The number of pyridine rings is 2. The number of ketones is 1. The Kier molecular flexibility index (Phi) is 6.89. The van der Waals surface area contributed by atoms with Gasteiger partial charge in [-0.05, 0) is 56.3 Å². The van der Waals surface area contributed by atoms with Gasteiger partial charge in [0, 0.05) is 55.4 Å². The fourth-order valence-electron chi connectivity index (χ4n) is 5.52. The maximum Gasteiger partial charge on any atom is 0.254 e. The van der Waals surface area contributed by atoms with Crippen LogP contribution in [0, 0.1) is 6.92 Å². The third-order valence-electron chi connectivity index (χ3n) is 7.72. The molecule has 1 amide bonds. The fraction of sp³-hybridized carbons (Fsp3) is 0.323. The van der Waals surface area contributed by atoms with Gasteiger partial charge in [-0.25, -0.2) is 4.98 Å². The van der Waals surface area contributed by atoms with Crippen LogP contribution >= 0.6 is 0 Å². The number of Topliss-reactive ketones (excluding diaryl/α,β-unsaturated/α-hetero) is 1. The Labute approximate surface area is 233 Å². The number of amides is 1. The Morgan fingerprint density at radius 1 is 1.00 bits per heavy atom. The molecular weight excluding hydrogens is 502 g/mol. The predicted molar refractivity (Wildman–Crippen MR) is 154 cm³/mol. The van der Waals surface area contributed by atoms with E-state index in [-0.39, 0.29) is 18.1 Å². The molecule has 40 heavy (non-hydrogen) atoms. The Bertz CT molecular complexity index is 1730. The van der Waals surface area contributed by atoms with Crippen LogP contribution in [0.1, 0.15) is 50.4 Å². The molecule has 0 radical (unpaired) electrons. The van der Waals surface area contributed by atoms with Gasteiger partial charge in [0.25, 0.3) is 5.91 Å². The number of carbonyl (C=O) groups is 2. The Balaban J connectivity index is 1.26. The summed E-state index contributed by atoms with van der Waals surface area (Å²) in [5.74, 6) is -0.0311. The smallest absolute Gasteiger partial charge is 0.254 e. The van der Waals surface area contributed by atoms with Crippen molar-refractivity contribution in [2.75, 3.05) is 33.2 Å². The van der Waals surface area contributed by atoms with E-state index in [9.17, 15) is 9.59 Å². The van der Waals surface area contributed by atoms with E-state index in [2.05, 4.69) is 34.9 Å². The van der Waals surface area contributed by atoms with E-state index < -0.39 is 0 Å². The van der Waals surface area contributed by atoms with Crippen molar-refractivity contribution in [3.05, 3.63) is 94.8 Å². The lowest BCUT2D eigenvalue weighted by Gasteiger charge is -2.32. The summed E-state index contributed by atoms with van der Waals surface area (Å²) in [5.41, 5.74) is 6.51. The molecule has 5 heterocycles. The number of likely N-dealkylation sites (N-methyl/N-ethyl adjacent to an activating group) is 1. The lowest BCUT2D eigenvalue weighted by atomic mass is 10.0. The van der Waals surface area contributed by atoms with E-state index in [1.54, 1.807) is 28.9 Å². The van der Waals surface area contributed by atoms with Gasteiger partial charge in [-0.15, -0.1) is 0 Å². The first-order valence-electron chi connectivity index (χ1n) is 13.8. The van der Waals surface area contributed by atoms with Gasteiger partial charge >= 0.3 is 0 Å². The minimum atomic E-state index is -0.0340. The summed E-state index contributed by atoms with van der Waals surface area (Å²) in [6, 6.07) is 15.6. The number of carbonyl (C=O) groups excluding carboxylic acids is 2. The van der Waals surface area contributed by atoms with Crippen molar-refractivity contribution in [2.24, 2.45) is 0 Å². The number of imidazole rings is 1. The Morgan fingerprint density at radius 2 is 1.80 bits per heavy atom. The van der Waals surface area contributed by atoms with Crippen LogP contribution in [-0.2, 0) is 19.4 Å². The van der Waals surface area contributed by atoms with Crippen molar-refractivity contribution in [1.82, 2.24) is 33.9 Å². The molecule has 0 unspecified atom stereocenters. The summed E-state index contributed by atoms with van der Waals surface area (Å²) in [4.78, 5) is 39.8. The van der Waals surface area contributed by atoms with Crippen LogP contribution in [-0.4, -0.2) is 78.9 Å². The number of benzene rings is 1. The highest BCUT2D eigenvalue weighted by Gasteiger charge is 2.22. The number of nitrogens with zero attached hydrogens (tertiary/aromatic N) is 7. The first-order valence-corrected chi connectivity index (χ1v) is 13.8. The topological polar surface area (TPSA) is 88.6 Å². The molecule has 1 aliphatic heterocycles. The molecule has 0 bridgehead atoms. The molecule has 0 spiro atoms. The maximum absolute atomic E-state index is 13.6. The van der Waals surface area contributed by atoms with Gasteiger partial charge in [0.15, 0.2) is 5.78 Å². The monoisotopic (exact) mass is 535 g/mol. The van der Waals surface area contributed by atoms with Gasteiger partial charge < -0.3 is 9.80 Å². The number of hydrogen-bond acceptors (Lipinski definition) is 6. The number of piperazine rings is 1. The van der Waals surface area contributed by atoms with Crippen LogP contribution in [0.2, 0.25) is 0 Å². The van der Waals surface area contributed by atoms with Gasteiger partial charge in [-0.1, -0.05) is 25.1 Å². The molecule has 1 aromatic carbocycles. The molecule has 1 fully saturated rings. The van der Waals surface area contributed by atoms with Gasteiger partial charge in [-0.3, -0.25) is 23.7 Å². The van der Waals surface area contributed by atoms with Gasteiger partial charge in [-0.2, -0.15) is 5.10 Å². The second-order valence-electron chi connectivity index (χ2n) is 10.5. The van der Waals surface area contributed by atoms with Crippen LogP contribution < -0.4 is 0 Å². The first kappa shape index (κ1) is 25.9. The number of aryl methyl sites for hydroxylation is 2. The van der Waals surface area contributed by atoms with E-state index in [0.29, 0.717) is 36.5 Å². The number of aromatic nitrogens is 5. The van der Waals surface area contributed by atoms with E-state index in [4.69, 9.17) is 5.10 Å². The van der Waals surface area contributed by atoms with Crippen molar-refractivity contribution in [2.45, 2.75) is 33.2 Å². The summed E-state index contributed by atoms with van der Waals surface area (Å²) in [6.45, 7) is 7.79. The minimum absolute atomic E-state index is 0.00289. The standard InChI is InChI=1S/C31H33N7O2/c1-4-25-30-22(8-6-10-26(30)38(34-25)20-24-9-5-7-21(2)33-24)17-28(39)27-19-32-29-18-23(11-12-37(27)29)31(40)36-15-13-35(3)14-16-36/h5-12,18-19H,4,13-17,20H2,1-3H3. The van der Waals surface area contributed by atoms with Gasteiger partial charge in [0.05, 0.1) is 29.6 Å². The highest BCUT2D eigenvalue weighted by molar-refractivity contribution is 6.00. The van der Waals surface area contributed by atoms with Crippen LogP contribution in [0.3, 0.4) is 0 Å². The average molecular weight is 536 g/mol.